The van der Waals surface area contributed by atoms with Gasteiger partial charge in [-0.25, -0.2) is 14.8 Å². The van der Waals surface area contributed by atoms with E-state index in [0.717, 1.165) is 24.5 Å². The summed E-state index contributed by atoms with van der Waals surface area (Å²) in [5.41, 5.74) is 2.28. The largest absolute Gasteiger partial charge is 0.490 e. The Morgan fingerprint density at radius 3 is 2.67 bits per heavy atom. The lowest BCUT2D eigenvalue weighted by Gasteiger charge is -2.15. The van der Waals surface area contributed by atoms with Crippen LogP contribution in [0.1, 0.15) is 17.9 Å². The molecule has 0 unspecified atom stereocenters. The Labute approximate surface area is 101 Å². The first-order valence-corrected chi connectivity index (χ1v) is 5.17. The molecule has 0 fully saturated rings. The van der Waals surface area contributed by atoms with Gasteiger partial charge >= 0.3 is 12.1 Å². The molecule has 100 valence electrons. The predicted molar refractivity (Wildman–Crippen MR) is 57.3 cm³/mol. The lowest BCUT2D eigenvalue weighted by molar-refractivity contribution is -0.192. The van der Waals surface area contributed by atoms with Crippen molar-refractivity contribution < 1.29 is 23.1 Å². The number of carboxylic acid groups (broad SMARTS) is 1. The molecule has 0 aromatic carbocycles. The molecular formula is C10H12F3N3O2. The number of aliphatic carboxylic acids is 1. The van der Waals surface area contributed by atoms with Crippen molar-refractivity contribution in [2.24, 2.45) is 0 Å². The summed E-state index contributed by atoms with van der Waals surface area (Å²) in [5, 5.41) is 10.4. The fourth-order valence-corrected chi connectivity index (χ4v) is 1.33. The number of nitrogens with one attached hydrogen (secondary N) is 1. The summed E-state index contributed by atoms with van der Waals surface area (Å²) in [7, 11) is 0. The third-order valence-corrected chi connectivity index (χ3v) is 2.14. The van der Waals surface area contributed by atoms with Crippen molar-refractivity contribution in [1.82, 2.24) is 9.97 Å². The molecule has 2 N–H and O–H groups in total. The number of hydrogen-bond donors (Lipinski definition) is 2. The SMILES string of the molecule is Cc1ncc2c(n1)CCCN2.O=C(O)C(F)(F)F. The van der Waals surface area contributed by atoms with E-state index in [2.05, 4.69) is 15.3 Å². The van der Waals surface area contributed by atoms with Crippen LogP contribution in [0.4, 0.5) is 18.9 Å². The monoisotopic (exact) mass is 263 g/mol. The average molecular weight is 263 g/mol. The Morgan fingerprint density at radius 2 is 2.11 bits per heavy atom. The molecule has 1 aliphatic heterocycles. The predicted octanol–water partition coefficient (Wildman–Crippen LogP) is 1.78. The molecule has 0 radical (unpaired) electrons. The number of carboxylic acids is 1. The first-order chi connectivity index (χ1) is 8.30. The molecule has 2 rings (SSSR count). The number of alkyl halides is 3. The summed E-state index contributed by atoms with van der Waals surface area (Å²) in [6.45, 7) is 2.98. The molecule has 2 heterocycles. The Hall–Kier alpha value is -1.86. The Bertz CT molecular complexity index is 435. The molecule has 0 atom stereocenters. The van der Waals surface area contributed by atoms with Crippen LogP contribution in [0.15, 0.2) is 6.20 Å². The Balaban J connectivity index is 0.000000203. The third kappa shape index (κ3) is 4.19. The van der Waals surface area contributed by atoms with Crippen LogP contribution in [0.5, 0.6) is 0 Å². The number of rotatable bonds is 0. The van der Waals surface area contributed by atoms with Crippen molar-refractivity contribution >= 4 is 11.7 Å². The van der Waals surface area contributed by atoms with Crippen LogP contribution in [0.3, 0.4) is 0 Å². The number of aryl methyl sites for hydroxylation is 2. The number of nitrogens with zero attached hydrogens (tertiary/aromatic N) is 2. The van der Waals surface area contributed by atoms with Crippen LogP contribution in [-0.2, 0) is 11.2 Å². The van der Waals surface area contributed by atoms with E-state index >= 15 is 0 Å². The van der Waals surface area contributed by atoms with Crippen LogP contribution in [-0.4, -0.2) is 33.8 Å². The van der Waals surface area contributed by atoms with Crippen molar-refractivity contribution in [2.45, 2.75) is 25.9 Å². The van der Waals surface area contributed by atoms with Gasteiger partial charge in [-0.15, -0.1) is 0 Å². The normalized spacial score (nSPS) is 13.8. The van der Waals surface area contributed by atoms with Gasteiger partial charge in [-0.3, -0.25) is 0 Å². The van der Waals surface area contributed by atoms with Gasteiger partial charge in [0.15, 0.2) is 0 Å². The van der Waals surface area contributed by atoms with Crippen LogP contribution in [0.2, 0.25) is 0 Å². The molecule has 0 amide bonds. The standard InChI is InChI=1S/C8H11N3.C2HF3O2/c1-6-10-5-8-7(11-6)3-2-4-9-8;3-2(4,5)1(6)7/h5,9H,2-4H2,1H3;(H,6,7). The highest BCUT2D eigenvalue weighted by Gasteiger charge is 2.38. The van der Waals surface area contributed by atoms with Crippen molar-refractivity contribution in [1.29, 1.82) is 0 Å². The van der Waals surface area contributed by atoms with E-state index in [0.29, 0.717) is 0 Å². The third-order valence-electron chi connectivity index (χ3n) is 2.14. The van der Waals surface area contributed by atoms with E-state index in [4.69, 9.17) is 9.90 Å². The van der Waals surface area contributed by atoms with Crippen LogP contribution in [0, 0.1) is 6.92 Å². The second-order valence-corrected chi connectivity index (χ2v) is 3.61. The zero-order valence-corrected chi connectivity index (χ0v) is 9.58. The maximum Gasteiger partial charge on any atom is 0.490 e. The molecule has 8 heteroatoms. The summed E-state index contributed by atoms with van der Waals surface area (Å²) in [6, 6.07) is 0. The maximum absolute atomic E-state index is 10.6. The summed E-state index contributed by atoms with van der Waals surface area (Å²) in [4.78, 5) is 17.4. The van der Waals surface area contributed by atoms with Crippen molar-refractivity contribution in [3.8, 4) is 0 Å². The van der Waals surface area contributed by atoms with Gasteiger partial charge in [0.2, 0.25) is 0 Å². The summed E-state index contributed by atoms with van der Waals surface area (Å²) >= 11 is 0. The van der Waals surface area contributed by atoms with Gasteiger partial charge in [-0.2, -0.15) is 13.2 Å². The number of carbonyl (C=O) groups is 1. The van der Waals surface area contributed by atoms with E-state index in [1.165, 1.54) is 12.1 Å². The molecule has 0 aliphatic carbocycles. The summed E-state index contributed by atoms with van der Waals surface area (Å²) in [6.07, 6.45) is -0.939. The molecular weight excluding hydrogens is 251 g/mol. The molecule has 5 nitrogen and oxygen atoms in total. The first kappa shape index (κ1) is 14.2. The maximum atomic E-state index is 10.6. The van der Waals surface area contributed by atoms with Gasteiger partial charge in [-0.05, 0) is 19.8 Å². The number of aromatic nitrogens is 2. The molecule has 1 aromatic rings. The molecule has 0 spiro atoms. The van der Waals surface area contributed by atoms with Crippen molar-refractivity contribution in [3.63, 3.8) is 0 Å². The quantitative estimate of drug-likeness (QED) is 0.746. The average Bonchev–Trinajstić information content (AvgIpc) is 2.28. The lowest BCUT2D eigenvalue weighted by Crippen LogP contribution is -2.21. The molecule has 1 aromatic heterocycles. The smallest absolute Gasteiger partial charge is 0.475 e. The van der Waals surface area contributed by atoms with Crippen LogP contribution < -0.4 is 5.32 Å². The van der Waals surface area contributed by atoms with E-state index in [1.54, 1.807) is 0 Å². The van der Waals surface area contributed by atoms with Gasteiger partial charge in [0, 0.05) is 6.54 Å². The second kappa shape index (κ2) is 5.65. The van der Waals surface area contributed by atoms with E-state index in [1.807, 2.05) is 13.1 Å². The highest BCUT2D eigenvalue weighted by atomic mass is 19.4. The Morgan fingerprint density at radius 1 is 1.50 bits per heavy atom. The highest BCUT2D eigenvalue weighted by Crippen LogP contribution is 2.17. The fraction of sp³-hybridized carbons (Fsp3) is 0.500. The van der Waals surface area contributed by atoms with Gasteiger partial charge in [-0.1, -0.05) is 0 Å². The van der Waals surface area contributed by atoms with Crippen molar-refractivity contribution in [3.05, 3.63) is 17.7 Å². The highest BCUT2D eigenvalue weighted by molar-refractivity contribution is 5.73. The Kier molecular flexibility index (Phi) is 4.46. The minimum absolute atomic E-state index is 0.868. The van der Waals surface area contributed by atoms with Gasteiger partial charge in [0.05, 0.1) is 17.6 Å². The number of anilines is 1. The van der Waals surface area contributed by atoms with E-state index in [-0.39, 0.29) is 0 Å². The minimum atomic E-state index is -5.08. The topological polar surface area (TPSA) is 75.1 Å². The van der Waals surface area contributed by atoms with Crippen LogP contribution >= 0.6 is 0 Å². The molecule has 0 saturated carbocycles. The van der Waals surface area contributed by atoms with Gasteiger partial charge in [0.25, 0.3) is 0 Å². The fourth-order valence-electron chi connectivity index (χ4n) is 1.33. The first-order valence-electron chi connectivity index (χ1n) is 5.17. The second-order valence-electron chi connectivity index (χ2n) is 3.61. The number of fused-ring (bicyclic) bond motifs is 1. The van der Waals surface area contributed by atoms with Crippen LogP contribution in [0.25, 0.3) is 0 Å². The zero-order chi connectivity index (χ0) is 13.8. The van der Waals surface area contributed by atoms with Gasteiger partial charge in [0.1, 0.15) is 5.82 Å². The van der Waals surface area contributed by atoms with E-state index in [9.17, 15) is 13.2 Å². The number of hydrogen-bond acceptors (Lipinski definition) is 4. The van der Waals surface area contributed by atoms with Gasteiger partial charge < -0.3 is 10.4 Å². The molecule has 1 aliphatic rings. The molecule has 0 bridgehead atoms. The lowest BCUT2D eigenvalue weighted by atomic mass is 10.1. The molecule has 18 heavy (non-hydrogen) atoms. The zero-order valence-electron chi connectivity index (χ0n) is 9.58. The summed E-state index contributed by atoms with van der Waals surface area (Å²) in [5.74, 6) is -1.89. The summed E-state index contributed by atoms with van der Waals surface area (Å²) < 4.78 is 31.7. The van der Waals surface area contributed by atoms with E-state index < -0.39 is 12.1 Å². The van der Waals surface area contributed by atoms with Crippen molar-refractivity contribution in [2.75, 3.05) is 11.9 Å². The number of halogens is 3. The minimum Gasteiger partial charge on any atom is -0.475 e. The molecule has 0 saturated heterocycles.